The van der Waals surface area contributed by atoms with Crippen LogP contribution >= 0.6 is 15.9 Å². The molecule has 10 nitrogen and oxygen atoms in total. The zero-order valence-corrected chi connectivity index (χ0v) is 17.5. The quantitative estimate of drug-likeness (QED) is 0.407. The van der Waals surface area contributed by atoms with Crippen LogP contribution in [-0.2, 0) is 6.18 Å². The number of hydrogen-bond acceptors (Lipinski definition) is 7. The van der Waals surface area contributed by atoms with Gasteiger partial charge in [0.2, 0.25) is 0 Å². The second-order valence-electron chi connectivity index (χ2n) is 6.33. The van der Waals surface area contributed by atoms with E-state index in [0.29, 0.717) is 10.9 Å². The minimum absolute atomic E-state index is 0.00491. The third-order valence-corrected chi connectivity index (χ3v) is 4.84. The molecule has 166 valence electrons. The maximum absolute atomic E-state index is 14.0. The molecule has 15 heteroatoms. The topological polar surface area (TPSA) is 141 Å². The van der Waals surface area contributed by atoms with Gasteiger partial charge in [0, 0.05) is 11.8 Å². The maximum atomic E-state index is 14.0. The highest BCUT2D eigenvalue weighted by Gasteiger charge is 2.43. The Kier molecular flexibility index (Phi) is 5.38. The van der Waals surface area contributed by atoms with Gasteiger partial charge in [0.25, 0.3) is 5.91 Å². The first-order valence-corrected chi connectivity index (χ1v) is 9.49. The normalized spacial score (nSPS) is 11.4. The Balaban J connectivity index is 2.01. The summed E-state index contributed by atoms with van der Waals surface area (Å²) in [7, 11) is 0. The van der Waals surface area contributed by atoms with Crippen LogP contribution in [0.3, 0.4) is 0 Å². The van der Waals surface area contributed by atoms with Gasteiger partial charge >= 0.3 is 6.18 Å². The van der Waals surface area contributed by atoms with Crippen molar-refractivity contribution in [3.05, 3.63) is 64.0 Å². The van der Waals surface area contributed by atoms with E-state index in [1.807, 2.05) is 6.07 Å². The Labute approximate surface area is 189 Å². The highest BCUT2D eigenvalue weighted by atomic mass is 79.9. The number of nitrogens with zero attached hydrogens (tertiary/aromatic N) is 8. The lowest BCUT2D eigenvalue weighted by atomic mass is 10.0. The Bertz CT molecular complexity index is 1420. The molecule has 0 saturated carbocycles. The second-order valence-corrected chi connectivity index (χ2v) is 7.18. The zero-order valence-electron chi connectivity index (χ0n) is 15.9. The van der Waals surface area contributed by atoms with Crippen LogP contribution in [0.4, 0.5) is 17.6 Å². The van der Waals surface area contributed by atoms with Crippen molar-refractivity contribution in [3.8, 4) is 29.0 Å². The van der Waals surface area contributed by atoms with E-state index < -0.39 is 40.7 Å². The molecule has 0 aliphatic carbocycles. The molecule has 0 unspecified atom stereocenters. The smallest absolute Gasteiger partial charge is 0.365 e. The minimum Gasteiger partial charge on any atom is -0.365 e. The minimum atomic E-state index is -5.10. The Hall–Kier alpha value is -4.19. The summed E-state index contributed by atoms with van der Waals surface area (Å²) in [6.07, 6.45) is -0.645. The fourth-order valence-corrected chi connectivity index (χ4v) is 3.47. The largest absolute Gasteiger partial charge is 0.434 e. The molecule has 4 aromatic heterocycles. The summed E-state index contributed by atoms with van der Waals surface area (Å²) in [6, 6.07) is 3.89. The average molecular weight is 522 g/mol. The first-order valence-electron chi connectivity index (χ1n) is 8.70. The molecule has 0 fully saturated rings. The van der Waals surface area contributed by atoms with Crippen LogP contribution in [0.1, 0.15) is 21.6 Å². The number of hydrogen-bond donors (Lipinski definition) is 1. The van der Waals surface area contributed by atoms with Gasteiger partial charge < -0.3 is 5.73 Å². The Morgan fingerprint density at radius 1 is 1.12 bits per heavy atom. The standard InChI is InChI=1S/C18H8BrF4N9O/c19-11-4-10(20)7-27-17(11)31-14(18(21,22)23)12(15(25)33)13(30-31)9-3-8(5-24)16(26-6-9)32-28-1-2-29-32/h1-4,6-7H,(H2,25,33). The molecule has 0 spiro atoms. The summed E-state index contributed by atoms with van der Waals surface area (Å²) >= 11 is 2.95. The molecule has 2 N–H and O–H groups in total. The van der Waals surface area contributed by atoms with Gasteiger partial charge in [-0.25, -0.2) is 19.0 Å². The number of nitrogens with two attached hydrogens (primary N) is 1. The van der Waals surface area contributed by atoms with Gasteiger partial charge in [-0.2, -0.15) is 33.7 Å². The maximum Gasteiger partial charge on any atom is 0.434 e. The van der Waals surface area contributed by atoms with E-state index in [0.717, 1.165) is 23.1 Å². The lowest BCUT2D eigenvalue weighted by Gasteiger charge is -2.12. The van der Waals surface area contributed by atoms with E-state index >= 15 is 0 Å². The number of rotatable bonds is 4. The molecule has 0 aliphatic heterocycles. The molecule has 4 heterocycles. The van der Waals surface area contributed by atoms with Crippen molar-refractivity contribution in [2.24, 2.45) is 5.73 Å². The lowest BCUT2D eigenvalue weighted by Crippen LogP contribution is -2.21. The fraction of sp³-hybridized carbons (Fsp3) is 0.0556. The van der Waals surface area contributed by atoms with Crippen LogP contribution in [0.2, 0.25) is 0 Å². The molecule has 0 saturated heterocycles. The van der Waals surface area contributed by atoms with Gasteiger partial charge in [-0.1, -0.05) is 0 Å². The molecule has 33 heavy (non-hydrogen) atoms. The summed E-state index contributed by atoms with van der Waals surface area (Å²) in [5, 5.41) is 21.1. The molecule has 0 aliphatic rings. The van der Waals surface area contributed by atoms with Crippen molar-refractivity contribution >= 4 is 21.8 Å². The predicted molar refractivity (Wildman–Crippen MR) is 105 cm³/mol. The van der Waals surface area contributed by atoms with E-state index in [-0.39, 0.29) is 21.4 Å². The van der Waals surface area contributed by atoms with Crippen molar-refractivity contribution in [2.75, 3.05) is 0 Å². The number of primary amides is 1. The fourth-order valence-electron chi connectivity index (χ4n) is 2.99. The van der Waals surface area contributed by atoms with Crippen LogP contribution in [-0.4, -0.2) is 40.6 Å². The van der Waals surface area contributed by atoms with Crippen LogP contribution in [0, 0.1) is 17.1 Å². The van der Waals surface area contributed by atoms with Gasteiger partial charge in [0.1, 0.15) is 17.6 Å². The highest BCUT2D eigenvalue weighted by molar-refractivity contribution is 9.10. The molecule has 4 aromatic rings. The number of carbonyl (C=O) groups is 1. The van der Waals surface area contributed by atoms with Crippen molar-refractivity contribution in [2.45, 2.75) is 6.18 Å². The number of alkyl halides is 3. The van der Waals surface area contributed by atoms with Gasteiger partial charge in [-0.3, -0.25) is 4.79 Å². The monoisotopic (exact) mass is 521 g/mol. The van der Waals surface area contributed by atoms with E-state index in [4.69, 9.17) is 5.73 Å². The number of pyridine rings is 2. The molecule has 0 radical (unpaired) electrons. The average Bonchev–Trinajstić information content (AvgIpc) is 3.41. The first-order chi connectivity index (χ1) is 15.6. The molecular weight excluding hydrogens is 514 g/mol. The Morgan fingerprint density at radius 3 is 2.36 bits per heavy atom. The van der Waals surface area contributed by atoms with Crippen molar-refractivity contribution in [3.63, 3.8) is 0 Å². The van der Waals surface area contributed by atoms with Gasteiger partial charge in [0.15, 0.2) is 17.3 Å². The summed E-state index contributed by atoms with van der Waals surface area (Å²) in [5.74, 6) is -2.68. The van der Waals surface area contributed by atoms with Gasteiger partial charge in [0.05, 0.1) is 34.2 Å². The number of aromatic nitrogens is 7. The van der Waals surface area contributed by atoms with Crippen LogP contribution < -0.4 is 5.73 Å². The zero-order chi connectivity index (χ0) is 23.9. The van der Waals surface area contributed by atoms with Crippen LogP contribution in [0.25, 0.3) is 22.9 Å². The number of amides is 1. The molecule has 0 bridgehead atoms. The number of halogens is 5. The van der Waals surface area contributed by atoms with Crippen LogP contribution in [0.5, 0.6) is 0 Å². The summed E-state index contributed by atoms with van der Waals surface area (Å²) in [5.41, 5.74) is 2.06. The molecule has 0 aromatic carbocycles. The van der Waals surface area contributed by atoms with E-state index in [2.05, 4.69) is 41.2 Å². The molecule has 0 atom stereocenters. The van der Waals surface area contributed by atoms with E-state index in [1.54, 1.807) is 0 Å². The molecule has 1 amide bonds. The second kappa shape index (κ2) is 8.06. The molecular formula is C18H8BrF4N9O. The third-order valence-electron chi connectivity index (χ3n) is 4.26. The van der Waals surface area contributed by atoms with Crippen molar-refractivity contribution < 1.29 is 22.4 Å². The molecule has 4 rings (SSSR count). The van der Waals surface area contributed by atoms with E-state index in [1.165, 1.54) is 12.4 Å². The predicted octanol–water partition coefficient (Wildman–Crippen LogP) is 2.80. The van der Waals surface area contributed by atoms with Crippen LogP contribution in [0.15, 0.2) is 41.4 Å². The SMILES string of the molecule is N#Cc1cc(-c2nn(-c3ncc(F)cc3Br)c(C(F)(F)F)c2C(N)=O)cnc1-n1nccn1. The lowest BCUT2D eigenvalue weighted by molar-refractivity contribution is -0.143. The first kappa shape index (κ1) is 22.0. The van der Waals surface area contributed by atoms with Gasteiger partial charge in [-0.05, 0) is 28.1 Å². The number of carbonyl (C=O) groups excluding carboxylic acids is 1. The van der Waals surface area contributed by atoms with Gasteiger partial charge in [-0.15, -0.1) is 4.80 Å². The summed E-state index contributed by atoms with van der Waals surface area (Å²) < 4.78 is 55.7. The van der Waals surface area contributed by atoms with Crippen molar-refractivity contribution in [1.29, 1.82) is 5.26 Å². The summed E-state index contributed by atoms with van der Waals surface area (Å²) in [6.45, 7) is 0. The summed E-state index contributed by atoms with van der Waals surface area (Å²) in [4.78, 5) is 20.8. The van der Waals surface area contributed by atoms with Crippen molar-refractivity contribution in [1.82, 2.24) is 34.7 Å². The number of nitriles is 1. The Morgan fingerprint density at radius 2 is 1.79 bits per heavy atom. The van der Waals surface area contributed by atoms with E-state index in [9.17, 15) is 27.6 Å². The highest BCUT2D eigenvalue weighted by Crippen LogP contribution is 2.39. The third kappa shape index (κ3) is 3.91.